The maximum absolute atomic E-state index is 12.0. The van der Waals surface area contributed by atoms with E-state index >= 15 is 0 Å². The molecule has 8 heteroatoms. The van der Waals surface area contributed by atoms with Crippen LogP contribution in [0.25, 0.3) is 0 Å². The first kappa shape index (κ1) is 23.7. The number of hydrogen-bond donors (Lipinski definition) is 2. The van der Waals surface area contributed by atoms with Crippen LogP contribution in [-0.4, -0.2) is 47.3 Å². The highest BCUT2D eigenvalue weighted by Gasteiger charge is 2.24. The quantitative estimate of drug-likeness (QED) is 0.521. The fourth-order valence-electron chi connectivity index (χ4n) is 1.69. The Kier molecular flexibility index (Phi) is 9.47. The number of nitrogens with one attached hydrogen (secondary N) is 1. The third-order valence-corrected chi connectivity index (χ3v) is 2.74. The van der Waals surface area contributed by atoms with Gasteiger partial charge < -0.3 is 24.6 Å². The van der Waals surface area contributed by atoms with E-state index in [1.165, 1.54) is 6.08 Å². The number of carbonyl (C=O) groups excluding carboxylic acids is 2. The maximum atomic E-state index is 12.0. The van der Waals surface area contributed by atoms with E-state index in [1.807, 2.05) is 0 Å². The van der Waals surface area contributed by atoms with Gasteiger partial charge in [0.1, 0.15) is 11.2 Å². The Morgan fingerprint density at radius 3 is 2.08 bits per heavy atom. The molecule has 0 fully saturated rings. The molecule has 0 aliphatic heterocycles. The van der Waals surface area contributed by atoms with E-state index in [0.717, 1.165) is 0 Å². The van der Waals surface area contributed by atoms with E-state index in [2.05, 4.69) is 5.32 Å². The highest BCUT2D eigenvalue weighted by atomic mass is 35.5. The second-order valence-corrected chi connectivity index (χ2v) is 7.84. The van der Waals surface area contributed by atoms with Crippen molar-refractivity contribution in [3.05, 3.63) is 11.1 Å². The lowest BCUT2D eigenvalue weighted by Gasteiger charge is -2.24. The summed E-state index contributed by atoms with van der Waals surface area (Å²) in [6.45, 7) is 12.3. The highest BCUT2D eigenvalue weighted by molar-refractivity contribution is 6.30. The van der Waals surface area contributed by atoms with E-state index in [1.54, 1.807) is 48.5 Å². The van der Waals surface area contributed by atoms with Crippen molar-refractivity contribution in [3.63, 3.8) is 0 Å². The first-order valence-corrected chi connectivity index (χ1v) is 8.49. The number of aliphatic hydroxyl groups excluding tert-OH is 1. The molecule has 25 heavy (non-hydrogen) atoms. The number of rotatable bonds is 7. The lowest BCUT2D eigenvalue weighted by Crippen LogP contribution is -2.40. The van der Waals surface area contributed by atoms with Gasteiger partial charge in [-0.15, -0.1) is 0 Å². The van der Waals surface area contributed by atoms with Crippen LogP contribution in [0.1, 0.15) is 54.9 Å². The molecule has 0 bridgehead atoms. The second-order valence-electron chi connectivity index (χ2n) is 7.40. The molecule has 2 N–H and O–H groups in total. The summed E-state index contributed by atoms with van der Waals surface area (Å²) in [7, 11) is 0. The van der Waals surface area contributed by atoms with Crippen molar-refractivity contribution in [3.8, 4) is 0 Å². The zero-order valence-corrected chi connectivity index (χ0v) is 16.8. The zero-order valence-electron chi connectivity index (χ0n) is 16.0. The van der Waals surface area contributed by atoms with Crippen molar-refractivity contribution >= 4 is 23.7 Å². The van der Waals surface area contributed by atoms with Crippen LogP contribution in [0.2, 0.25) is 0 Å². The number of aliphatic hydroxyl groups is 1. The van der Waals surface area contributed by atoms with E-state index in [0.29, 0.717) is 0 Å². The zero-order chi connectivity index (χ0) is 19.8. The number of carbonyl (C=O) groups is 2. The van der Waals surface area contributed by atoms with Gasteiger partial charge in [0.2, 0.25) is 0 Å². The van der Waals surface area contributed by atoms with E-state index < -0.39 is 35.6 Å². The van der Waals surface area contributed by atoms with Crippen molar-refractivity contribution in [2.45, 2.75) is 78.4 Å². The summed E-state index contributed by atoms with van der Waals surface area (Å²) in [6, 6.07) is -0.827. The molecule has 0 radical (unpaired) electrons. The second kappa shape index (κ2) is 9.99. The topological polar surface area (TPSA) is 94.1 Å². The Morgan fingerprint density at radius 1 is 1.12 bits per heavy atom. The Morgan fingerprint density at radius 2 is 1.64 bits per heavy atom. The van der Waals surface area contributed by atoms with Crippen LogP contribution < -0.4 is 5.32 Å². The summed E-state index contributed by atoms with van der Waals surface area (Å²) in [5.41, 5.74) is -1.36. The van der Waals surface area contributed by atoms with Gasteiger partial charge >= 0.3 is 12.1 Å². The lowest BCUT2D eigenvalue weighted by atomic mass is 10.1. The smallest absolute Gasteiger partial charge is 0.408 e. The summed E-state index contributed by atoms with van der Waals surface area (Å²) in [5.74, 6) is -0.528. The van der Waals surface area contributed by atoms with Gasteiger partial charge in [0, 0.05) is 6.61 Å². The molecule has 2 unspecified atom stereocenters. The van der Waals surface area contributed by atoms with Crippen molar-refractivity contribution in [1.29, 1.82) is 0 Å². The van der Waals surface area contributed by atoms with Gasteiger partial charge in [-0.1, -0.05) is 11.6 Å². The molecule has 0 aromatic rings. The molecule has 0 aromatic heterocycles. The Hall–Kier alpha value is -1.31. The summed E-state index contributed by atoms with van der Waals surface area (Å²) in [5, 5.41) is 12.2. The Bertz CT molecular complexity index is 449. The number of amides is 1. The molecule has 0 saturated carbocycles. The molecule has 0 heterocycles. The average molecular weight is 380 g/mol. The lowest BCUT2D eigenvalue weighted by molar-refractivity contribution is -0.155. The van der Waals surface area contributed by atoms with Crippen LogP contribution in [0.3, 0.4) is 0 Å². The Labute approximate surface area is 154 Å². The molecule has 0 rings (SSSR count). The number of halogens is 1. The van der Waals surface area contributed by atoms with E-state index in [4.69, 9.17) is 25.8 Å². The van der Waals surface area contributed by atoms with Gasteiger partial charge in [0.25, 0.3) is 0 Å². The van der Waals surface area contributed by atoms with Crippen molar-refractivity contribution < 1.29 is 28.9 Å². The first-order chi connectivity index (χ1) is 11.2. The van der Waals surface area contributed by atoms with Crippen molar-refractivity contribution in [2.75, 3.05) is 6.61 Å². The molecule has 0 aliphatic carbocycles. The molecule has 7 nitrogen and oxygen atoms in total. The molecule has 1 amide bonds. The van der Waals surface area contributed by atoms with Gasteiger partial charge in [0.05, 0.1) is 17.5 Å². The maximum Gasteiger partial charge on any atom is 0.408 e. The van der Waals surface area contributed by atoms with E-state index in [9.17, 15) is 14.7 Å². The summed E-state index contributed by atoms with van der Waals surface area (Å²) in [4.78, 5) is 24.0. The minimum atomic E-state index is -1.34. The predicted octanol–water partition coefficient (Wildman–Crippen LogP) is 3.09. The molecule has 0 saturated heterocycles. The number of hydrogen-bond acceptors (Lipinski definition) is 6. The highest BCUT2D eigenvalue weighted by Crippen LogP contribution is 2.15. The van der Waals surface area contributed by atoms with Crippen LogP contribution in [-0.2, 0) is 19.0 Å². The van der Waals surface area contributed by atoms with Gasteiger partial charge in [0.15, 0.2) is 6.29 Å². The predicted molar refractivity (Wildman–Crippen MR) is 95.2 cm³/mol. The minimum absolute atomic E-state index is 0.0496. The molecule has 0 spiro atoms. The van der Waals surface area contributed by atoms with Gasteiger partial charge in [-0.2, -0.15) is 0 Å². The molecule has 0 aromatic carbocycles. The first-order valence-electron chi connectivity index (χ1n) is 8.11. The van der Waals surface area contributed by atoms with Crippen LogP contribution in [0, 0.1) is 0 Å². The monoisotopic (exact) mass is 379 g/mol. The normalized spacial score (nSPS) is 15.3. The molecular weight excluding hydrogens is 350 g/mol. The molecule has 0 aliphatic rings. The molecule has 146 valence electrons. The number of esters is 1. The van der Waals surface area contributed by atoms with Crippen molar-refractivity contribution in [2.24, 2.45) is 0 Å². The van der Waals surface area contributed by atoms with Crippen LogP contribution >= 0.6 is 11.6 Å². The number of ether oxygens (including phenoxy) is 3. The van der Waals surface area contributed by atoms with Gasteiger partial charge in [-0.25, -0.2) is 4.79 Å². The standard InChI is InChI=1S/C17H30ClNO6/c1-8-23-14(21)12(18)9-11(10-13(20)24-16(2,3)4)19-15(22)25-17(5,6)7/h9,11,14,21H,8,10H2,1-7H3,(H,19,22). The minimum Gasteiger partial charge on any atom is -0.460 e. The van der Waals surface area contributed by atoms with Crippen LogP contribution in [0.4, 0.5) is 4.79 Å². The summed E-state index contributed by atoms with van der Waals surface area (Å²) in [6.07, 6.45) is -0.901. The average Bonchev–Trinajstić information content (AvgIpc) is 2.33. The SMILES string of the molecule is CCOC(O)C(Cl)=CC(CC(=O)OC(C)(C)C)NC(=O)OC(C)(C)C. The Balaban J connectivity index is 5.13. The molecule has 2 atom stereocenters. The van der Waals surface area contributed by atoms with Crippen LogP contribution in [0.5, 0.6) is 0 Å². The third kappa shape index (κ3) is 12.7. The fourth-order valence-corrected chi connectivity index (χ4v) is 1.90. The summed E-state index contributed by atoms with van der Waals surface area (Å²) >= 11 is 5.98. The van der Waals surface area contributed by atoms with Crippen LogP contribution in [0.15, 0.2) is 11.1 Å². The van der Waals surface area contributed by atoms with Gasteiger partial charge in [-0.3, -0.25) is 4.79 Å². The number of alkyl carbamates (subject to hydrolysis) is 1. The molecular formula is C17H30ClNO6. The third-order valence-electron chi connectivity index (χ3n) is 2.43. The van der Waals surface area contributed by atoms with E-state index in [-0.39, 0.29) is 18.1 Å². The fraction of sp³-hybridized carbons (Fsp3) is 0.765. The van der Waals surface area contributed by atoms with Crippen molar-refractivity contribution in [1.82, 2.24) is 5.32 Å². The summed E-state index contributed by atoms with van der Waals surface area (Å²) < 4.78 is 15.4. The van der Waals surface area contributed by atoms with Gasteiger partial charge in [-0.05, 0) is 54.5 Å². The largest absolute Gasteiger partial charge is 0.460 e.